The Labute approximate surface area is 79.1 Å². The Morgan fingerprint density at radius 2 is 2.15 bits per heavy atom. The molecule has 0 aliphatic carbocycles. The van der Waals surface area contributed by atoms with E-state index in [9.17, 15) is 14.8 Å². The number of Topliss-reactive ketones (excluding diaryl/α,β-unsaturated/α-hetero) is 1. The number of rotatable bonds is 2. The van der Waals surface area contributed by atoms with E-state index < -0.39 is 5.75 Å². The number of phenols is 1. The Hall–Kier alpha value is -1.42. The third-order valence-corrected chi connectivity index (χ3v) is 1.75. The molecule has 1 aromatic rings. The van der Waals surface area contributed by atoms with Crippen LogP contribution in [0.25, 0.3) is 0 Å². The van der Waals surface area contributed by atoms with E-state index in [1.165, 1.54) is 19.1 Å². The van der Waals surface area contributed by atoms with Gasteiger partial charge in [-0.3, -0.25) is 4.79 Å². The summed E-state index contributed by atoms with van der Waals surface area (Å²) in [5, 5.41) is 12.0. The van der Waals surface area contributed by atoms with Crippen molar-refractivity contribution in [1.82, 2.24) is 0 Å². The number of aromatic hydroxyl groups is 1. The van der Waals surface area contributed by atoms with Crippen molar-refractivity contribution in [1.29, 1.82) is 0 Å². The van der Waals surface area contributed by atoms with Gasteiger partial charge >= 0.3 is 0 Å². The zero-order chi connectivity index (χ0) is 10.0. The molecule has 0 radical (unpaired) electrons. The van der Waals surface area contributed by atoms with Crippen molar-refractivity contribution in [2.24, 2.45) is 5.18 Å². The van der Waals surface area contributed by atoms with E-state index in [0.717, 1.165) is 0 Å². The van der Waals surface area contributed by atoms with Crippen LogP contribution >= 0.6 is 11.6 Å². The van der Waals surface area contributed by atoms with Gasteiger partial charge in [0.2, 0.25) is 0 Å². The van der Waals surface area contributed by atoms with Crippen LogP contribution in [0, 0.1) is 4.91 Å². The lowest BCUT2D eigenvalue weighted by Gasteiger charge is -2.02. The fourth-order valence-corrected chi connectivity index (χ4v) is 1.14. The number of benzene rings is 1. The van der Waals surface area contributed by atoms with E-state index in [-0.39, 0.29) is 22.1 Å². The van der Waals surface area contributed by atoms with Crippen LogP contribution in [-0.2, 0) is 0 Å². The fraction of sp³-hybridized carbons (Fsp3) is 0.125. The monoisotopic (exact) mass is 199 g/mol. The van der Waals surface area contributed by atoms with Crippen molar-refractivity contribution in [3.63, 3.8) is 0 Å². The quantitative estimate of drug-likeness (QED) is 0.588. The summed E-state index contributed by atoms with van der Waals surface area (Å²) >= 11 is 5.58. The van der Waals surface area contributed by atoms with Crippen LogP contribution in [0.5, 0.6) is 5.75 Å². The fourth-order valence-electron chi connectivity index (χ4n) is 0.923. The zero-order valence-electron chi connectivity index (χ0n) is 6.74. The van der Waals surface area contributed by atoms with Gasteiger partial charge in [-0.2, -0.15) is 0 Å². The van der Waals surface area contributed by atoms with E-state index in [1.54, 1.807) is 0 Å². The van der Waals surface area contributed by atoms with E-state index >= 15 is 0 Å². The number of carbonyl (C=O) groups excluding carboxylic acids is 1. The molecule has 68 valence electrons. The van der Waals surface area contributed by atoms with Gasteiger partial charge in [0.05, 0.1) is 5.56 Å². The van der Waals surface area contributed by atoms with Crippen LogP contribution < -0.4 is 0 Å². The summed E-state index contributed by atoms with van der Waals surface area (Å²) in [6, 6.07) is 2.48. The lowest BCUT2D eigenvalue weighted by Crippen LogP contribution is -1.92. The number of carbonyl (C=O) groups is 1. The van der Waals surface area contributed by atoms with Crippen LogP contribution in [0.15, 0.2) is 17.3 Å². The highest BCUT2D eigenvalue weighted by molar-refractivity contribution is 6.31. The highest BCUT2D eigenvalue weighted by Crippen LogP contribution is 2.33. The van der Waals surface area contributed by atoms with Crippen molar-refractivity contribution in [3.8, 4) is 5.75 Å². The van der Waals surface area contributed by atoms with Gasteiger partial charge in [-0.25, -0.2) is 0 Å². The highest BCUT2D eigenvalue weighted by Gasteiger charge is 2.12. The molecule has 0 bridgehead atoms. The van der Waals surface area contributed by atoms with Crippen LogP contribution in [-0.4, -0.2) is 10.9 Å². The Balaban J connectivity index is 3.44. The van der Waals surface area contributed by atoms with Crippen molar-refractivity contribution in [3.05, 3.63) is 27.6 Å². The molecule has 0 spiro atoms. The van der Waals surface area contributed by atoms with Crippen molar-refractivity contribution >= 4 is 23.1 Å². The summed E-state index contributed by atoms with van der Waals surface area (Å²) in [7, 11) is 0. The Morgan fingerprint density at radius 3 is 2.62 bits per heavy atom. The van der Waals surface area contributed by atoms with Gasteiger partial charge in [-0.1, -0.05) is 11.6 Å². The minimum Gasteiger partial charge on any atom is -0.505 e. The summed E-state index contributed by atoms with van der Waals surface area (Å²) in [6.45, 7) is 1.26. The molecule has 13 heavy (non-hydrogen) atoms. The van der Waals surface area contributed by atoms with E-state index in [0.29, 0.717) is 0 Å². The van der Waals surface area contributed by atoms with Crippen molar-refractivity contribution < 1.29 is 9.90 Å². The summed E-state index contributed by atoms with van der Waals surface area (Å²) in [4.78, 5) is 21.1. The maximum absolute atomic E-state index is 10.9. The largest absolute Gasteiger partial charge is 0.505 e. The minimum absolute atomic E-state index is 0.00194. The van der Waals surface area contributed by atoms with Crippen LogP contribution in [0.2, 0.25) is 5.02 Å². The lowest BCUT2D eigenvalue weighted by atomic mass is 10.1. The van der Waals surface area contributed by atoms with Gasteiger partial charge in [0, 0.05) is 5.02 Å². The molecule has 0 heterocycles. The third kappa shape index (κ3) is 1.84. The second-order valence-corrected chi connectivity index (χ2v) is 2.90. The summed E-state index contributed by atoms with van der Waals surface area (Å²) in [5.74, 6) is -0.795. The Kier molecular flexibility index (Phi) is 2.63. The second-order valence-electron chi connectivity index (χ2n) is 2.47. The Bertz CT molecular complexity index is 376. The normalized spacial score (nSPS) is 9.69. The van der Waals surface area contributed by atoms with Gasteiger partial charge in [-0.05, 0) is 24.2 Å². The van der Waals surface area contributed by atoms with Gasteiger partial charge in [0.15, 0.2) is 17.2 Å². The molecule has 5 heteroatoms. The van der Waals surface area contributed by atoms with Gasteiger partial charge < -0.3 is 5.11 Å². The van der Waals surface area contributed by atoms with Gasteiger partial charge in [0.25, 0.3) is 0 Å². The molecule has 0 atom stereocenters. The number of ketones is 1. The lowest BCUT2D eigenvalue weighted by molar-refractivity contribution is 0.101. The predicted octanol–water partition coefficient (Wildman–Crippen LogP) is 2.65. The molecule has 0 aliphatic rings. The number of nitroso groups, excluding NO2 is 1. The molecule has 1 aromatic carbocycles. The standard InChI is InChI=1S/C8H6ClNO3/c1-4(11)6-2-5(9)3-7(10-13)8(6)12/h2-3,12H,1H3. The molecule has 0 aliphatic heterocycles. The molecule has 0 saturated heterocycles. The summed E-state index contributed by atoms with van der Waals surface area (Å²) < 4.78 is 0. The summed E-state index contributed by atoms with van der Waals surface area (Å²) in [5.41, 5.74) is -0.222. The smallest absolute Gasteiger partial charge is 0.163 e. The third-order valence-electron chi connectivity index (χ3n) is 1.53. The van der Waals surface area contributed by atoms with Crippen molar-refractivity contribution in [2.45, 2.75) is 6.92 Å². The summed E-state index contributed by atoms with van der Waals surface area (Å²) in [6.07, 6.45) is 0. The average molecular weight is 200 g/mol. The molecular formula is C8H6ClNO3. The van der Waals surface area contributed by atoms with Crippen LogP contribution in [0.3, 0.4) is 0 Å². The second kappa shape index (κ2) is 3.53. The maximum Gasteiger partial charge on any atom is 0.163 e. The number of halogens is 1. The van der Waals surface area contributed by atoms with Gasteiger partial charge in [-0.15, -0.1) is 4.91 Å². The minimum atomic E-state index is -0.424. The Morgan fingerprint density at radius 1 is 1.54 bits per heavy atom. The number of nitrogens with zero attached hydrogens (tertiary/aromatic N) is 1. The molecular weight excluding hydrogens is 194 g/mol. The molecule has 4 nitrogen and oxygen atoms in total. The molecule has 0 amide bonds. The van der Waals surface area contributed by atoms with E-state index in [2.05, 4.69) is 5.18 Å². The van der Waals surface area contributed by atoms with Gasteiger partial charge in [0.1, 0.15) is 0 Å². The molecule has 0 unspecified atom stereocenters. The molecule has 0 aromatic heterocycles. The first-order valence-corrected chi connectivity index (χ1v) is 3.81. The first-order valence-electron chi connectivity index (χ1n) is 3.43. The number of phenolic OH excluding ortho intramolecular Hbond substituents is 1. The van der Waals surface area contributed by atoms with E-state index in [1.807, 2.05) is 0 Å². The molecule has 1 N–H and O–H groups in total. The van der Waals surface area contributed by atoms with Crippen molar-refractivity contribution in [2.75, 3.05) is 0 Å². The number of hydrogen-bond donors (Lipinski definition) is 1. The topological polar surface area (TPSA) is 66.7 Å². The highest BCUT2D eigenvalue weighted by atomic mass is 35.5. The predicted molar refractivity (Wildman–Crippen MR) is 48.6 cm³/mol. The molecule has 0 fully saturated rings. The first kappa shape index (κ1) is 9.67. The van der Waals surface area contributed by atoms with E-state index in [4.69, 9.17) is 11.6 Å². The van der Waals surface area contributed by atoms with Crippen LogP contribution in [0.1, 0.15) is 17.3 Å². The first-order chi connectivity index (χ1) is 6.06. The molecule has 1 rings (SSSR count). The SMILES string of the molecule is CC(=O)c1cc(Cl)cc(N=O)c1O. The number of hydrogen-bond acceptors (Lipinski definition) is 4. The zero-order valence-corrected chi connectivity index (χ0v) is 7.50. The molecule has 0 saturated carbocycles. The maximum atomic E-state index is 10.9. The average Bonchev–Trinajstić information content (AvgIpc) is 2.08. The van der Waals surface area contributed by atoms with Crippen LogP contribution in [0.4, 0.5) is 5.69 Å².